The third-order valence-corrected chi connectivity index (χ3v) is 3.31. The van der Waals surface area contributed by atoms with Gasteiger partial charge in [0.1, 0.15) is 0 Å². The number of nitrogens with zero attached hydrogens (tertiary/aromatic N) is 2. The fourth-order valence-electron chi connectivity index (χ4n) is 1.83. The van der Waals surface area contributed by atoms with Crippen LogP contribution in [0.3, 0.4) is 0 Å². The molecule has 2 aromatic rings. The molecular weight excluding hydrogens is 232 g/mol. The number of carboxylic acids is 1. The van der Waals surface area contributed by atoms with E-state index in [4.69, 9.17) is 0 Å². The molecule has 0 bridgehead atoms. The van der Waals surface area contributed by atoms with Gasteiger partial charge in [0, 0.05) is 5.39 Å². The number of carbonyl (C=O) groups is 1. The van der Waals surface area contributed by atoms with Crippen LogP contribution in [0.2, 0.25) is 0 Å². The molecule has 0 spiro atoms. The third-order valence-electron chi connectivity index (χ3n) is 3.31. The molecule has 94 valence electrons. The SMILES string of the molecule is CCC(C)(C(=O)O)n1ncc2ccccc2c1=O. The van der Waals surface area contributed by atoms with E-state index >= 15 is 0 Å². The van der Waals surface area contributed by atoms with E-state index in [0.29, 0.717) is 10.8 Å². The molecule has 1 atom stereocenters. The molecule has 0 radical (unpaired) electrons. The van der Waals surface area contributed by atoms with Crippen molar-refractivity contribution in [1.82, 2.24) is 9.78 Å². The second kappa shape index (κ2) is 4.25. The molecule has 1 unspecified atom stereocenters. The van der Waals surface area contributed by atoms with Crippen LogP contribution in [0, 0.1) is 0 Å². The van der Waals surface area contributed by atoms with Gasteiger partial charge in [-0.15, -0.1) is 0 Å². The zero-order valence-electron chi connectivity index (χ0n) is 10.3. The maximum atomic E-state index is 12.3. The average Bonchev–Trinajstić information content (AvgIpc) is 2.38. The molecule has 1 N–H and O–H groups in total. The summed E-state index contributed by atoms with van der Waals surface area (Å²) in [5.74, 6) is -1.06. The van der Waals surface area contributed by atoms with Crippen molar-refractivity contribution in [2.75, 3.05) is 0 Å². The third kappa shape index (κ3) is 1.68. The molecule has 0 amide bonds. The lowest BCUT2D eigenvalue weighted by Crippen LogP contribution is -2.46. The van der Waals surface area contributed by atoms with Crippen molar-refractivity contribution in [2.24, 2.45) is 0 Å². The summed E-state index contributed by atoms with van der Waals surface area (Å²) in [6, 6.07) is 7.01. The average molecular weight is 246 g/mol. The first-order valence-corrected chi connectivity index (χ1v) is 5.71. The van der Waals surface area contributed by atoms with Crippen molar-refractivity contribution in [3.05, 3.63) is 40.8 Å². The molecule has 5 nitrogen and oxygen atoms in total. The Labute approximate surface area is 104 Å². The molecular formula is C13H14N2O3. The van der Waals surface area contributed by atoms with Gasteiger partial charge in [-0.05, 0) is 19.4 Å². The Balaban J connectivity index is 2.77. The second-order valence-electron chi connectivity index (χ2n) is 4.38. The zero-order valence-corrected chi connectivity index (χ0v) is 10.3. The van der Waals surface area contributed by atoms with Crippen LogP contribution in [0.1, 0.15) is 20.3 Å². The topological polar surface area (TPSA) is 72.2 Å². The standard InChI is InChI=1S/C13H14N2O3/c1-3-13(2,12(17)18)15-11(16)10-7-5-4-6-9(10)8-14-15/h4-8H,3H2,1-2H3,(H,17,18). The highest BCUT2D eigenvalue weighted by Gasteiger charge is 2.35. The molecule has 5 heteroatoms. The number of aliphatic carboxylic acids is 1. The summed E-state index contributed by atoms with van der Waals surface area (Å²) in [6.07, 6.45) is 1.81. The van der Waals surface area contributed by atoms with Crippen molar-refractivity contribution < 1.29 is 9.90 Å². The fraction of sp³-hybridized carbons (Fsp3) is 0.308. The number of hydrogen-bond donors (Lipinski definition) is 1. The minimum atomic E-state index is -1.32. The Morgan fingerprint density at radius 3 is 2.72 bits per heavy atom. The number of hydrogen-bond acceptors (Lipinski definition) is 3. The minimum Gasteiger partial charge on any atom is -0.479 e. The lowest BCUT2D eigenvalue weighted by Gasteiger charge is -2.24. The summed E-state index contributed by atoms with van der Waals surface area (Å²) in [6.45, 7) is 3.22. The lowest BCUT2D eigenvalue weighted by molar-refractivity contribution is -0.147. The van der Waals surface area contributed by atoms with Gasteiger partial charge in [0.25, 0.3) is 5.56 Å². The molecule has 0 saturated heterocycles. The molecule has 2 rings (SSSR count). The van der Waals surface area contributed by atoms with Crippen LogP contribution in [0.25, 0.3) is 10.8 Å². The molecule has 18 heavy (non-hydrogen) atoms. The number of carboxylic acid groups (broad SMARTS) is 1. The van der Waals surface area contributed by atoms with E-state index in [9.17, 15) is 14.7 Å². The van der Waals surface area contributed by atoms with Gasteiger partial charge < -0.3 is 5.11 Å². The molecule has 1 aromatic carbocycles. The predicted molar refractivity (Wildman–Crippen MR) is 67.6 cm³/mol. The number of fused-ring (bicyclic) bond motifs is 1. The first-order chi connectivity index (χ1) is 8.50. The van der Waals surface area contributed by atoms with Gasteiger partial charge in [-0.25, -0.2) is 9.48 Å². The van der Waals surface area contributed by atoms with Gasteiger partial charge in [-0.1, -0.05) is 25.1 Å². The highest BCUT2D eigenvalue weighted by Crippen LogP contribution is 2.18. The van der Waals surface area contributed by atoms with Crippen molar-refractivity contribution >= 4 is 16.7 Å². The van der Waals surface area contributed by atoms with Gasteiger partial charge in [-0.2, -0.15) is 5.10 Å². The molecule has 0 aliphatic heterocycles. The van der Waals surface area contributed by atoms with E-state index < -0.39 is 11.5 Å². The predicted octanol–water partition coefficient (Wildman–Crippen LogP) is 1.61. The van der Waals surface area contributed by atoms with Gasteiger partial charge in [0.05, 0.1) is 11.6 Å². The van der Waals surface area contributed by atoms with Crippen LogP contribution < -0.4 is 5.56 Å². The second-order valence-corrected chi connectivity index (χ2v) is 4.38. The number of benzene rings is 1. The first-order valence-electron chi connectivity index (χ1n) is 5.71. The summed E-state index contributed by atoms with van der Waals surface area (Å²) in [7, 11) is 0. The summed E-state index contributed by atoms with van der Waals surface area (Å²) in [4.78, 5) is 23.6. The van der Waals surface area contributed by atoms with Crippen LogP contribution >= 0.6 is 0 Å². The van der Waals surface area contributed by atoms with E-state index in [1.807, 2.05) is 6.07 Å². The lowest BCUT2D eigenvalue weighted by atomic mass is 9.99. The maximum absolute atomic E-state index is 12.3. The smallest absolute Gasteiger partial charge is 0.331 e. The maximum Gasteiger partial charge on any atom is 0.331 e. The summed E-state index contributed by atoms with van der Waals surface area (Å²) in [5, 5.41) is 14.5. The molecule has 1 heterocycles. The van der Waals surface area contributed by atoms with Crippen LogP contribution in [-0.4, -0.2) is 20.9 Å². The zero-order chi connectivity index (χ0) is 13.3. The van der Waals surface area contributed by atoms with E-state index in [1.54, 1.807) is 25.1 Å². The summed E-state index contributed by atoms with van der Waals surface area (Å²) >= 11 is 0. The van der Waals surface area contributed by atoms with Gasteiger partial charge in [0.2, 0.25) is 0 Å². The van der Waals surface area contributed by atoms with Crippen LogP contribution in [0.15, 0.2) is 35.3 Å². The summed E-state index contributed by atoms with van der Waals surface area (Å²) in [5.41, 5.74) is -1.69. The number of rotatable bonds is 3. The van der Waals surface area contributed by atoms with Gasteiger partial charge in [-0.3, -0.25) is 4.79 Å². The Morgan fingerprint density at radius 2 is 2.11 bits per heavy atom. The minimum absolute atomic E-state index is 0.285. The Kier molecular flexibility index (Phi) is 2.90. The summed E-state index contributed by atoms with van der Waals surface area (Å²) < 4.78 is 1.05. The van der Waals surface area contributed by atoms with Crippen molar-refractivity contribution in [3.8, 4) is 0 Å². The van der Waals surface area contributed by atoms with E-state index in [1.165, 1.54) is 13.1 Å². The molecule has 0 saturated carbocycles. The Bertz CT molecular complexity index is 663. The molecule has 1 aromatic heterocycles. The van der Waals surface area contributed by atoms with Crippen LogP contribution in [-0.2, 0) is 10.3 Å². The van der Waals surface area contributed by atoms with Gasteiger partial charge >= 0.3 is 5.97 Å². The van der Waals surface area contributed by atoms with Crippen molar-refractivity contribution in [1.29, 1.82) is 0 Å². The highest BCUT2D eigenvalue weighted by atomic mass is 16.4. The van der Waals surface area contributed by atoms with Gasteiger partial charge in [0.15, 0.2) is 5.54 Å². The molecule has 0 aliphatic rings. The van der Waals surface area contributed by atoms with E-state index in [2.05, 4.69) is 5.10 Å². The first kappa shape index (κ1) is 12.3. The molecule has 0 fully saturated rings. The molecule has 0 aliphatic carbocycles. The van der Waals surface area contributed by atoms with Crippen LogP contribution in [0.5, 0.6) is 0 Å². The van der Waals surface area contributed by atoms with Crippen molar-refractivity contribution in [2.45, 2.75) is 25.8 Å². The highest BCUT2D eigenvalue weighted by molar-refractivity contribution is 5.81. The monoisotopic (exact) mass is 246 g/mol. The number of aromatic nitrogens is 2. The van der Waals surface area contributed by atoms with E-state index in [-0.39, 0.29) is 12.0 Å². The fourth-order valence-corrected chi connectivity index (χ4v) is 1.83. The van der Waals surface area contributed by atoms with Crippen LogP contribution in [0.4, 0.5) is 0 Å². The largest absolute Gasteiger partial charge is 0.479 e. The Hall–Kier alpha value is -2.17. The quantitative estimate of drug-likeness (QED) is 0.893. The van der Waals surface area contributed by atoms with E-state index in [0.717, 1.165) is 4.68 Å². The van der Waals surface area contributed by atoms with Crippen molar-refractivity contribution in [3.63, 3.8) is 0 Å². The normalized spacial score (nSPS) is 14.3. The Morgan fingerprint density at radius 1 is 1.44 bits per heavy atom.